The lowest BCUT2D eigenvalue weighted by Crippen LogP contribution is -2.14. The van der Waals surface area contributed by atoms with E-state index in [9.17, 15) is 0 Å². The van der Waals surface area contributed by atoms with Gasteiger partial charge in [0.05, 0.1) is 0 Å². The predicted molar refractivity (Wildman–Crippen MR) is 95.0 cm³/mol. The fraction of sp³-hybridized carbons (Fsp3) is 0.100. The summed E-state index contributed by atoms with van der Waals surface area (Å²) in [4.78, 5) is 4.60. The molecule has 0 radical (unpaired) electrons. The molecule has 0 spiro atoms. The third-order valence-corrected chi connectivity index (χ3v) is 3.54. The molecule has 3 aromatic rings. The van der Waals surface area contributed by atoms with Gasteiger partial charge in [0, 0.05) is 18.5 Å². The molecule has 0 unspecified atom stereocenters. The summed E-state index contributed by atoms with van der Waals surface area (Å²) in [5.74, 6) is 1.17. The Morgan fingerprint density at radius 1 is 0.783 bits per heavy atom. The van der Waals surface area contributed by atoms with Gasteiger partial charge in [-0.25, -0.2) is 4.98 Å². The molecule has 0 fully saturated rings. The van der Waals surface area contributed by atoms with Crippen LogP contribution in [-0.4, -0.2) is 10.8 Å². The summed E-state index contributed by atoms with van der Waals surface area (Å²) in [6, 6.07) is 26.2. The molecule has 3 rings (SSSR count). The second-order valence-electron chi connectivity index (χ2n) is 5.44. The van der Waals surface area contributed by atoms with Crippen molar-refractivity contribution in [2.75, 3.05) is 5.32 Å². The minimum absolute atomic E-state index is 0.445. The first kappa shape index (κ1) is 15.0. The Kier molecular flexibility index (Phi) is 4.79. The van der Waals surface area contributed by atoms with Gasteiger partial charge in [0.2, 0.25) is 0 Å². The SMILES string of the molecule is N=C(Cc1ccccc1)Nc1cccc(Cc2ccccc2)n1. The second kappa shape index (κ2) is 7.36. The minimum Gasteiger partial charge on any atom is -0.329 e. The minimum atomic E-state index is 0.445. The van der Waals surface area contributed by atoms with Crippen LogP contribution in [0.5, 0.6) is 0 Å². The summed E-state index contributed by atoms with van der Waals surface area (Å²) in [5.41, 5.74) is 3.34. The molecule has 0 saturated carbocycles. The van der Waals surface area contributed by atoms with Crippen LogP contribution in [0.1, 0.15) is 16.8 Å². The zero-order chi connectivity index (χ0) is 15.9. The molecular weight excluding hydrogens is 282 g/mol. The van der Waals surface area contributed by atoms with Crippen molar-refractivity contribution in [3.63, 3.8) is 0 Å². The van der Waals surface area contributed by atoms with Crippen molar-refractivity contribution in [3.05, 3.63) is 95.7 Å². The van der Waals surface area contributed by atoms with E-state index in [1.165, 1.54) is 5.56 Å². The first-order valence-corrected chi connectivity index (χ1v) is 7.68. The molecule has 1 aromatic heterocycles. The molecule has 2 N–H and O–H groups in total. The molecule has 0 aliphatic carbocycles. The zero-order valence-electron chi connectivity index (χ0n) is 12.9. The van der Waals surface area contributed by atoms with Crippen LogP contribution in [0.15, 0.2) is 78.9 Å². The number of aromatic nitrogens is 1. The third-order valence-electron chi connectivity index (χ3n) is 3.54. The van der Waals surface area contributed by atoms with Crippen molar-refractivity contribution in [2.45, 2.75) is 12.8 Å². The summed E-state index contributed by atoms with van der Waals surface area (Å²) in [6.07, 6.45) is 1.37. The van der Waals surface area contributed by atoms with Crippen LogP contribution in [0.3, 0.4) is 0 Å². The number of nitrogens with one attached hydrogen (secondary N) is 2. The van der Waals surface area contributed by atoms with Crippen molar-refractivity contribution in [1.82, 2.24) is 4.98 Å². The lowest BCUT2D eigenvalue weighted by molar-refractivity contribution is 1.08. The number of hydrogen-bond acceptors (Lipinski definition) is 2. The van der Waals surface area contributed by atoms with Gasteiger partial charge in [0.1, 0.15) is 11.7 Å². The highest BCUT2D eigenvalue weighted by Crippen LogP contribution is 2.11. The lowest BCUT2D eigenvalue weighted by Gasteiger charge is -2.09. The fourth-order valence-electron chi connectivity index (χ4n) is 2.45. The van der Waals surface area contributed by atoms with Crippen LogP contribution in [0.4, 0.5) is 5.82 Å². The number of rotatable bonds is 5. The number of hydrogen-bond donors (Lipinski definition) is 2. The molecule has 0 amide bonds. The number of nitrogens with zero attached hydrogens (tertiary/aromatic N) is 1. The highest BCUT2D eigenvalue weighted by molar-refractivity contribution is 5.93. The van der Waals surface area contributed by atoms with Crippen molar-refractivity contribution >= 4 is 11.7 Å². The summed E-state index contributed by atoms with van der Waals surface area (Å²) in [6.45, 7) is 0. The molecule has 3 heteroatoms. The smallest absolute Gasteiger partial charge is 0.131 e. The molecule has 3 nitrogen and oxygen atoms in total. The quantitative estimate of drug-likeness (QED) is 0.545. The van der Waals surface area contributed by atoms with Crippen LogP contribution in [0, 0.1) is 5.41 Å². The maximum atomic E-state index is 8.10. The van der Waals surface area contributed by atoms with Gasteiger partial charge in [-0.3, -0.25) is 5.41 Å². The van der Waals surface area contributed by atoms with Gasteiger partial charge in [-0.05, 0) is 23.3 Å². The number of anilines is 1. The predicted octanol–water partition coefficient (Wildman–Crippen LogP) is 4.30. The number of amidine groups is 1. The molecule has 0 saturated heterocycles. The van der Waals surface area contributed by atoms with Crippen molar-refractivity contribution < 1.29 is 0 Å². The lowest BCUT2D eigenvalue weighted by atomic mass is 10.1. The van der Waals surface area contributed by atoms with Crippen LogP contribution in [0.2, 0.25) is 0 Å². The topological polar surface area (TPSA) is 48.8 Å². The summed E-state index contributed by atoms with van der Waals surface area (Å²) in [7, 11) is 0. The standard InChI is InChI=1S/C20H19N3/c21-19(15-17-10-5-2-6-11-17)23-20-13-7-12-18(22-20)14-16-8-3-1-4-9-16/h1-13H,14-15H2,(H2,21,22,23). The largest absolute Gasteiger partial charge is 0.329 e. The van der Waals surface area contributed by atoms with Crippen LogP contribution in [0.25, 0.3) is 0 Å². The molecule has 2 aromatic carbocycles. The van der Waals surface area contributed by atoms with E-state index in [-0.39, 0.29) is 0 Å². The molecule has 0 aliphatic rings. The first-order valence-electron chi connectivity index (χ1n) is 7.68. The number of pyridine rings is 1. The third kappa shape index (κ3) is 4.51. The van der Waals surface area contributed by atoms with Gasteiger partial charge in [0.15, 0.2) is 0 Å². The Labute approximate surface area is 136 Å². The highest BCUT2D eigenvalue weighted by atomic mass is 15.0. The van der Waals surface area contributed by atoms with Gasteiger partial charge in [-0.1, -0.05) is 66.7 Å². The maximum absolute atomic E-state index is 8.10. The van der Waals surface area contributed by atoms with Crippen LogP contribution in [-0.2, 0) is 12.8 Å². The Hall–Kier alpha value is -2.94. The monoisotopic (exact) mass is 301 g/mol. The van der Waals surface area contributed by atoms with Crippen LogP contribution < -0.4 is 5.32 Å². The van der Waals surface area contributed by atoms with E-state index in [4.69, 9.17) is 5.41 Å². The first-order chi connectivity index (χ1) is 11.3. The molecule has 114 valence electrons. The van der Waals surface area contributed by atoms with Crippen molar-refractivity contribution in [3.8, 4) is 0 Å². The van der Waals surface area contributed by atoms with Gasteiger partial charge in [0.25, 0.3) is 0 Å². The fourth-order valence-corrected chi connectivity index (χ4v) is 2.45. The average Bonchev–Trinajstić information content (AvgIpc) is 2.57. The van der Waals surface area contributed by atoms with E-state index in [1.807, 2.05) is 66.7 Å². The van der Waals surface area contributed by atoms with Gasteiger partial charge in [-0.15, -0.1) is 0 Å². The summed E-state index contributed by atoms with van der Waals surface area (Å²) in [5, 5.41) is 11.2. The van der Waals surface area contributed by atoms with E-state index >= 15 is 0 Å². The average molecular weight is 301 g/mol. The molecule has 1 heterocycles. The summed E-state index contributed by atoms with van der Waals surface area (Å²) >= 11 is 0. The van der Waals surface area contributed by atoms with E-state index < -0.39 is 0 Å². The van der Waals surface area contributed by atoms with Crippen molar-refractivity contribution in [2.24, 2.45) is 0 Å². The molecule has 0 bridgehead atoms. The van der Waals surface area contributed by atoms with E-state index in [1.54, 1.807) is 0 Å². The normalized spacial score (nSPS) is 10.3. The van der Waals surface area contributed by atoms with Gasteiger partial charge >= 0.3 is 0 Å². The second-order valence-corrected chi connectivity index (χ2v) is 5.44. The molecular formula is C20H19N3. The molecule has 23 heavy (non-hydrogen) atoms. The van der Waals surface area contributed by atoms with E-state index in [2.05, 4.69) is 22.4 Å². The number of benzene rings is 2. The maximum Gasteiger partial charge on any atom is 0.131 e. The van der Waals surface area contributed by atoms with Crippen molar-refractivity contribution in [1.29, 1.82) is 5.41 Å². The zero-order valence-corrected chi connectivity index (χ0v) is 12.9. The Bertz CT molecular complexity index is 767. The van der Waals surface area contributed by atoms with E-state index in [0.717, 1.165) is 23.5 Å². The van der Waals surface area contributed by atoms with E-state index in [0.29, 0.717) is 12.3 Å². The molecule has 0 atom stereocenters. The Morgan fingerprint density at radius 3 is 2.13 bits per heavy atom. The van der Waals surface area contributed by atoms with Gasteiger partial charge < -0.3 is 5.32 Å². The summed E-state index contributed by atoms with van der Waals surface area (Å²) < 4.78 is 0. The Balaban J connectivity index is 1.64. The van der Waals surface area contributed by atoms with Crippen LogP contribution >= 0.6 is 0 Å². The molecule has 0 aliphatic heterocycles. The van der Waals surface area contributed by atoms with Gasteiger partial charge in [-0.2, -0.15) is 0 Å². The highest BCUT2D eigenvalue weighted by Gasteiger charge is 2.03. The Morgan fingerprint density at radius 2 is 1.43 bits per heavy atom.